The van der Waals surface area contributed by atoms with E-state index in [1.807, 2.05) is 18.2 Å². The maximum absolute atomic E-state index is 12.5. The third-order valence-corrected chi connectivity index (χ3v) is 3.64. The topological polar surface area (TPSA) is 80.9 Å². The van der Waals surface area contributed by atoms with Gasteiger partial charge in [0.05, 0.1) is 11.2 Å². The molecule has 0 aromatic heterocycles. The summed E-state index contributed by atoms with van der Waals surface area (Å²) in [5.41, 5.74) is -1.04. The van der Waals surface area contributed by atoms with Gasteiger partial charge in [0.25, 0.3) is 0 Å². The van der Waals surface area contributed by atoms with Crippen LogP contribution in [-0.4, -0.2) is 31.6 Å². The fraction of sp³-hybridized carbons (Fsp3) is 0.400. The summed E-state index contributed by atoms with van der Waals surface area (Å²) >= 11 is 0. The van der Waals surface area contributed by atoms with Crippen LogP contribution in [-0.2, 0) is 0 Å². The molecule has 2 aromatic rings. The van der Waals surface area contributed by atoms with Crippen molar-refractivity contribution >= 4 is 0 Å². The average molecular weight is 350 g/mol. The number of hydrogen-bond donors (Lipinski definition) is 4. The second-order valence-corrected chi connectivity index (χ2v) is 7.07. The van der Waals surface area contributed by atoms with Crippen molar-refractivity contribution in [3.05, 3.63) is 71.5 Å². The van der Waals surface area contributed by atoms with Gasteiger partial charge in [0.1, 0.15) is 18.0 Å². The van der Waals surface area contributed by atoms with Crippen LogP contribution in [0.15, 0.2) is 54.6 Å². The zero-order valence-electron chi connectivity index (χ0n) is 15.0. The maximum Gasteiger partial charge on any atom is 0.123 e. The molecule has 0 spiro atoms. The lowest BCUT2D eigenvalue weighted by Gasteiger charge is -2.24. The summed E-state index contributed by atoms with van der Waals surface area (Å²) in [7, 11) is 0. The minimum absolute atomic E-state index is 0.355. The van der Waals surface area contributed by atoms with E-state index in [1.54, 1.807) is 26.0 Å². The first-order valence-corrected chi connectivity index (χ1v) is 8.04. The van der Waals surface area contributed by atoms with Crippen molar-refractivity contribution in [2.75, 3.05) is 0 Å². The van der Waals surface area contributed by atoms with Crippen LogP contribution in [0.3, 0.4) is 0 Å². The van der Waals surface area contributed by atoms with Gasteiger partial charge in [0, 0.05) is 0 Å². The molecule has 5 heteroatoms. The molecule has 0 saturated heterocycles. The quantitative estimate of drug-likeness (QED) is 0.683. The van der Waals surface area contributed by atoms with E-state index in [0.717, 1.165) is 5.56 Å². The Bertz CT molecular complexity index is 627. The molecule has 0 aliphatic heterocycles. The van der Waals surface area contributed by atoms with E-state index in [0.29, 0.717) is 5.56 Å². The number of aliphatic hydroxyl groups excluding tert-OH is 2. The normalized spacial score (nSPS) is 14.3. The highest BCUT2D eigenvalue weighted by atomic mass is 19.1. The summed E-state index contributed by atoms with van der Waals surface area (Å²) in [6.45, 7) is 6.18. The van der Waals surface area contributed by atoms with Gasteiger partial charge < -0.3 is 20.4 Å². The highest BCUT2D eigenvalue weighted by Crippen LogP contribution is 2.25. The van der Waals surface area contributed by atoms with Gasteiger partial charge in [-0.2, -0.15) is 0 Å². The van der Waals surface area contributed by atoms with Crippen LogP contribution in [0.1, 0.15) is 51.0 Å². The molecule has 2 rings (SSSR count). The van der Waals surface area contributed by atoms with E-state index in [-0.39, 0.29) is 5.82 Å². The second-order valence-electron chi connectivity index (χ2n) is 7.07. The molecule has 2 aromatic carbocycles. The molecule has 0 saturated carbocycles. The minimum Gasteiger partial charge on any atom is -0.387 e. The van der Waals surface area contributed by atoms with Gasteiger partial charge in [-0.3, -0.25) is 0 Å². The van der Waals surface area contributed by atoms with Crippen molar-refractivity contribution < 1.29 is 24.8 Å². The van der Waals surface area contributed by atoms with Gasteiger partial charge in [0.15, 0.2) is 0 Å². The SMILES string of the molecule is CC(C)(O)C(O)c1ccc(F)cc1.CC(C)(O)C(O)c1ccccc1. The van der Waals surface area contributed by atoms with E-state index in [9.17, 15) is 24.8 Å². The summed E-state index contributed by atoms with van der Waals surface area (Å²) in [6.07, 6.45) is -1.81. The lowest BCUT2D eigenvalue weighted by atomic mass is 9.95. The average Bonchev–Trinajstić information content (AvgIpc) is 2.54. The summed E-state index contributed by atoms with van der Waals surface area (Å²) < 4.78 is 12.5. The highest BCUT2D eigenvalue weighted by Gasteiger charge is 2.26. The zero-order chi connectivity index (χ0) is 19.3. The van der Waals surface area contributed by atoms with Crippen molar-refractivity contribution in [2.24, 2.45) is 0 Å². The standard InChI is InChI=1S/C10H13FO2.C10H14O2/c1-10(2,13)9(12)7-3-5-8(11)6-4-7;1-10(2,12)9(11)8-6-4-3-5-7-8/h3-6,9,12-13H,1-2H3;3-7,9,11-12H,1-2H3. The summed E-state index contributed by atoms with van der Waals surface area (Å²) in [5, 5.41) is 38.1. The summed E-state index contributed by atoms with van der Waals surface area (Å²) in [4.78, 5) is 0. The summed E-state index contributed by atoms with van der Waals surface area (Å²) in [5.74, 6) is -0.355. The molecule has 2 unspecified atom stereocenters. The Hall–Kier alpha value is -1.79. The first kappa shape index (κ1) is 21.3. The van der Waals surface area contributed by atoms with E-state index >= 15 is 0 Å². The van der Waals surface area contributed by atoms with Crippen molar-refractivity contribution in [1.82, 2.24) is 0 Å². The van der Waals surface area contributed by atoms with E-state index in [4.69, 9.17) is 0 Å². The largest absolute Gasteiger partial charge is 0.387 e. The van der Waals surface area contributed by atoms with Crippen molar-refractivity contribution in [2.45, 2.75) is 51.1 Å². The van der Waals surface area contributed by atoms with Crippen LogP contribution >= 0.6 is 0 Å². The van der Waals surface area contributed by atoms with Crippen molar-refractivity contribution in [1.29, 1.82) is 0 Å². The lowest BCUT2D eigenvalue weighted by molar-refractivity contribution is -0.0497. The molecule has 0 bridgehead atoms. The monoisotopic (exact) mass is 350 g/mol. The molecule has 0 fully saturated rings. The lowest BCUT2D eigenvalue weighted by Crippen LogP contribution is -2.28. The molecular weight excluding hydrogens is 323 g/mol. The molecule has 2 atom stereocenters. The van der Waals surface area contributed by atoms with Gasteiger partial charge in [-0.05, 0) is 51.0 Å². The van der Waals surface area contributed by atoms with Gasteiger partial charge in [0.2, 0.25) is 0 Å². The molecule has 4 nitrogen and oxygen atoms in total. The fourth-order valence-corrected chi connectivity index (χ4v) is 2.10. The molecule has 138 valence electrons. The Morgan fingerprint density at radius 3 is 1.40 bits per heavy atom. The smallest absolute Gasteiger partial charge is 0.123 e. The van der Waals surface area contributed by atoms with Crippen LogP contribution in [0.4, 0.5) is 4.39 Å². The third kappa shape index (κ3) is 6.92. The van der Waals surface area contributed by atoms with Gasteiger partial charge in [-0.25, -0.2) is 4.39 Å². The van der Waals surface area contributed by atoms with Crippen LogP contribution in [0, 0.1) is 5.82 Å². The minimum atomic E-state index is -1.21. The number of aliphatic hydroxyl groups is 4. The van der Waals surface area contributed by atoms with Crippen LogP contribution in [0.2, 0.25) is 0 Å². The van der Waals surface area contributed by atoms with Gasteiger partial charge in [-0.15, -0.1) is 0 Å². The van der Waals surface area contributed by atoms with E-state index in [1.165, 1.54) is 38.1 Å². The molecule has 0 radical (unpaired) electrons. The molecule has 0 amide bonds. The Morgan fingerprint density at radius 1 is 0.680 bits per heavy atom. The zero-order valence-corrected chi connectivity index (χ0v) is 15.0. The third-order valence-electron chi connectivity index (χ3n) is 3.64. The molecular formula is C20H27FO4. The Labute approximate surface area is 148 Å². The van der Waals surface area contributed by atoms with Crippen LogP contribution < -0.4 is 0 Å². The number of halogens is 1. The van der Waals surface area contributed by atoms with E-state index in [2.05, 4.69) is 0 Å². The Morgan fingerprint density at radius 2 is 1.04 bits per heavy atom. The molecule has 0 heterocycles. The maximum atomic E-state index is 12.5. The molecule has 0 aliphatic rings. The van der Waals surface area contributed by atoms with Gasteiger partial charge >= 0.3 is 0 Å². The molecule has 25 heavy (non-hydrogen) atoms. The van der Waals surface area contributed by atoms with Crippen LogP contribution in [0.5, 0.6) is 0 Å². The van der Waals surface area contributed by atoms with Crippen molar-refractivity contribution in [3.63, 3.8) is 0 Å². The number of hydrogen-bond acceptors (Lipinski definition) is 4. The number of rotatable bonds is 4. The highest BCUT2D eigenvalue weighted by molar-refractivity contribution is 5.20. The van der Waals surface area contributed by atoms with Gasteiger partial charge in [-0.1, -0.05) is 42.5 Å². The fourth-order valence-electron chi connectivity index (χ4n) is 2.10. The molecule has 0 aliphatic carbocycles. The predicted octanol–water partition coefficient (Wildman–Crippen LogP) is 3.12. The van der Waals surface area contributed by atoms with Crippen molar-refractivity contribution in [3.8, 4) is 0 Å². The number of benzene rings is 2. The Balaban J connectivity index is 0.000000251. The second kappa shape index (κ2) is 8.54. The predicted molar refractivity (Wildman–Crippen MR) is 95.4 cm³/mol. The molecule has 4 N–H and O–H groups in total. The Kier molecular flexibility index (Phi) is 7.26. The first-order valence-electron chi connectivity index (χ1n) is 8.04. The van der Waals surface area contributed by atoms with Crippen LogP contribution in [0.25, 0.3) is 0 Å². The first-order chi connectivity index (χ1) is 11.4. The summed E-state index contributed by atoms with van der Waals surface area (Å²) in [6, 6.07) is 14.6. The van der Waals surface area contributed by atoms with E-state index < -0.39 is 23.4 Å².